The van der Waals surface area contributed by atoms with Crippen LogP contribution in [0.3, 0.4) is 0 Å². The van der Waals surface area contributed by atoms with Gasteiger partial charge in [0.2, 0.25) is 0 Å². The van der Waals surface area contributed by atoms with Crippen LogP contribution >= 0.6 is 0 Å². The molecule has 0 unspecified atom stereocenters. The highest BCUT2D eigenvalue weighted by Crippen LogP contribution is 2.26. The molecule has 0 saturated carbocycles. The van der Waals surface area contributed by atoms with Crippen LogP contribution in [0, 0.1) is 0 Å². The van der Waals surface area contributed by atoms with Gasteiger partial charge in [0.25, 0.3) is 0 Å². The smallest absolute Gasteiger partial charge is 0.328 e. The molecule has 1 N–H and O–H groups in total. The van der Waals surface area contributed by atoms with Gasteiger partial charge in [-0.25, -0.2) is 4.79 Å². The van der Waals surface area contributed by atoms with E-state index < -0.39 is 5.97 Å². The van der Waals surface area contributed by atoms with E-state index in [1.165, 1.54) is 0 Å². The summed E-state index contributed by atoms with van der Waals surface area (Å²) in [6, 6.07) is 25.3. The lowest BCUT2D eigenvalue weighted by molar-refractivity contribution is -0.131. The Hall–Kier alpha value is -3.59. The molecule has 0 aromatic heterocycles. The summed E-state index contributed by atoms with van der Waals surface area (Å²) in [6.45, 7) is 0. The van der Waals surface area contributed by atoms with Crippen molar-refractivity contribution in [2.24, 2.45) is 0 Å². The zero-order valence-corrected chi connectivity index (χ0v) is 14.8. The van der Waals surface area contributed by atoms with Crippen molar-refractivity contribution >= 4 is 18.1 Å². The van der Waals surface area contributed by atoms with E-state index >= 15 is 0 Å². The molecule has 0 aliphatic carbocycles. The number of rotatable bonds is 7. The van der Waals surface area contributed by atoms with Crippen LogP contribution in [0.5, 0.6) is 11.5 Å². The minimum atomic E-state index is -0.958. The van der Waals surface area contributed by atoms with E-state index in [1.807, 2.05) is 84.9 Å². The van der Waals surface area contributed by atoms with Crippen molar-refractivity contribution in [1.29, 1.82) is 0 Å². The zero-order valence-electron chi connectivity index (χ0n) is 14.8. The fourth-order valence-electron chi connectivity index (χ4n) is 2.68. The van der Waals surface area contributed by atoms with Crippen LogP contribution in [0.25, 0.3) is 12.2 Å². The third-order valence-corrected chi connectivity index (χ3v) is 3.98. The number of ether oxygens (including phenoxy) is 1. The Morgan fingerprint density at radius 2 is 1.44 bits per heavy atom. The van der Waals surface area contributed by atoms with Gasteiger partial charge in [0.15, 0.2) is 0 Å². The summed E-state index contributed by atoms with van der Waals surface area (Å²) in [7, 11) is 0. The summed E-state index contributed by atoms with van der Waals surface area (Å²) in [4.78, 5) is 10.8. The maximum absolute atomic E-state index is 10.8. The molecule has 0 spiro atoms. The lowest BCUT2D eigenvalue weighted by Crippen LogP contribution is -1.90. The minimum Gasteiger partial charge on any atom is -0.478 e. The summed E-state index contributed by atoms with van der Waals surface area (Å²) in [5.74, 6) is 0.672. The van der Waals surface area contributed by atoms with Gasteiger partial charge in [-0.3, -0.25) is 0 Å². The van der Waals surface area contributed by atoms with Gasteiger partial charge >= 0.3 is 5.97 Å². The van der Waals surface area contributed by atoms with Crippen LogP contribution < -0.4 is 4.74 Å². The van der Waals surface area contributed by atoms with Crippen molar-refractivity contribution in [2.45, 2.75) is 6.42 Å². The molecule has 3 aromatic rings. The molecule has 0 amide bonds. The van der Waals surface area contributed by atoms with E-state index in [0.29, 0.717) is 6.42 Å². The maximum atomic E-state index is 10.8. The monoisotopic (exact) mass is 356 g/mol. The molecule has 0 radical (unpaired) electrons. The standard InChI is InChI=1S/C24H20O3/c25-24(26)18-17-20-10-5-4-9-19(20)12-8-13-21-11-6-7-16-23(21)27-22-14-2-1-3-15-22/h1-12,14-18H,13H2,(H,25,26)/b12-8+,18-17+. The predicted molar refractivity (Wildman–Crippen MR) is 109 cm³/mol. The Balaban J connectivity index is 1.75. The second-order valence-electron chi connectivity index (χ2n) is 5.93. The van der Waals surface area contributed by atoms with Crippen LogP contribution in [0.15, 0.2) is 91.0 Å². The third-order valence-electron chi connectivity index (χ3n) is 3.98. The number of para-hydroxylation sites is 2. The molecule has 3 heteroatoms. The Kier molecular flexibility index (Phi) is 6.21. The number of hydrogen-bond donors (Lipinski definition) is 1. The summed E-state index contributed by atoms with van der Waals surface area (Å²) >= 11 is 0. The van der Waals surface area contributed by atoms with Crippen molar-refractivity contribution in [3.63, 3.8) is 0 Å². The van der Waals surface area contributed by atoms with Gasteiger partial charge in [0, 0.05) is 6.08 Å². The first-order valence-corrected chi connectivity index (χ1v) is 8.70. The summed E-state index contributed by atoms with van der Waals surface area (Å²) in [5, 5.41) is 8.82. The third kappa shape index (κ3) is 5.44. The van der Waals surface area contributed by atoms with Crippen LogP contribution in [-0.4, -0.2) is 11.1 Å². The Morgan fingerprint density at radius 3 is 2.19 bits per heavy atom. The van der Waals surface area contributed by atoms with E-state index in [4.69, 9.17) is 9.84 Å². The second-order valence-corrected chi connectivity index (χ2v) is 5.93. The molecule has 3 nitrogen and oxygen atoms in total. The molecule has 0 saturated heterocycles. The summed E-state index contributed by atoms with van der Waals surface area (Å²) < 4.78 is 5.99. The van der Waals surface area contributed by atoms with E-state index in [-0.39, 0.29) is 0 Å². The number of carbonyl (C=O) groups is 1. The largest absolute Gasteiger partial charge is 0.478 e. The molecule has 0 bridgehead atoms. The van der Waals surface area contributed by atoms with Crippen molar-refractivity contribution < 1.29 is 14.6 Å². The number of benzene rings is 3. The number of allylic oxidation sites excluding steroid dienone is 1. The number of carboxylic acids is 1. The number of carboxylic acid groups (broad SMARTS) is 1. The average Bonchev–Trinajstić information content (AvgIpc) is 2.69. The van der Waals surface area contributed by atoms with Crippen LogP contribution in [0.2, 0.25) is 0 Å². The number of hydrogen-bond acceptors (Lipinski definition) is 2. The van der Waals surface area contributed by atoms with Crippen LogP contribution in [0.4, 0.5) is 0 Å². The maximum Gasteiger partial charge on any atom is 0.328 e. The molecular formula is C24H20O3. The molecule has 134 valence electrons. The van der Waals surface area contributed by atoms with E-state index in [1.54, 1.807) is 6.08 Å². The molecule has 0 aliphatic heterocycles. The second kappa shape index (κ2) is 9.20. The molecule has 27 heavy (non-hydrogen) atoms. The predicted octanol–water partition coefficient (Wildman–Crippen LogP) is 5.83. The normalized spacial score (nSPS) is 11.1. The highest BCUT2D eigenvalue weighted by Gasteiger charge is 2.03. The minimum absolute atomic E-state index is 0.708. The topological polar surface area (TPSA) is 46.5 Å². The van der Waals surface area contributed by atoms with Crippen molar-refractivity contribution in [3.05, 3.63) is 108 Å². The lowest BCUT2D eigenvalue weighted by atomic mass is 10.0. The van der Waals surface area contributed by atoms with Crippen LogP contribution in [-0.2, 0) is 11.2 Å². The Labute approximate surface area is 158 Å². The van der Waals surface area contributed by atoms with Crippen molar-refractivity contribution in [2.75, 3.05) is 0 Å². The summed E-state index contributed by atoms with van der Waals surface area (Å²) in [5.41, 5.74) is 2.91. The van der Waals surface area contributed by atoms with Crippen molar-refractivity contribution in [1.82, 2.24) is 0 Å². The Morgan fingerprint density at radius 1 is 0.815 bits per heavy atom. The van der Waals surface area contributed by atoms with Crippen LogP contribution in [0.1, 0.15) is 16.7 Å². The van der Waals surface area contributed by atoms with Gasteiger partial charge in [-0.15, -0.1) is 0 Å². The quantitative estimate of drug-likeness (QED) is 0.542. The van der Waals surface area contributed by atoms with Gasteiger partial charge in [0.1, 0.15) is 11.5 Å². The molecule has 0 aliphatic rings. The van der Waals surface area contributed by atoms with Gasteiger partial charge in [0.05, 0.1) is 0 Å². The van der Waals surface area contributed by atoms with Gasteiger partial charge < -0.3 is 9.84 Å². The van der Waals surface area contributed by atoms with Crippen molar-refractivity contribution in [3.8, 4) is 11.5 Å². The van der Waals surface area contributed by atoms with E-state index in [9.17, 15) is 4.79 Å². The molecule has 3 aromatic carbocycles. The molecule has 0 atom stereocenters. The van der Waals surface area contributed by atoms with Gasteiger partial charge in [-0.05, 0) is 47.4 Å². The summed E-state index contributed by atoms with van der Waals surface area (Å²) in [6.07, 6.45) is 7.52. The first-order valence-electron chi connectivity index (χ1n) is 8.70. The molecule has 0 heterocycles. The lowest BCUT2D eigenvalue weighted by Gasteiger charge is -2.09. The van der Waals surface area contributed by atoms with E-state index in [0.717, 1.165) is 34.3 Å². The number of aliphatic carboxylic acids is 1. The Bertz CT molecular complexity index is 956. The van der Waals surface area contributed by atoms with Gasteiger partial charge in [-0.1, -0.05) is 72.8 Å². The fourth-order valence-corrected chi connectivity index (χ4v) is 2.68. The SMILES string of the molecule is O=C(O)/C=C/c1ccccc1/C=C/Cc1ccccc1Oc1ccccc1. The first kappa shape index (κ1) is 18.2. The highest BCUT2D eigenvalue weighted by molar-refractivity contribution is 5.86. The molecule has 0 fully saturated rings. The molecular weight excluding hydrogens is 336 g/mol. The highest BCUT2D eigenvalue weighted by atomic mass is 16.5. The zero-order chi connectivity index (χ0) is 18.9. The molecule has 3 rings (SSSR count). The first-order chi connectivity index (χ1) is 13.2. The fraction of sp³-hybridized carbons (Fsp3) is 0.0417. The van der Waals surface area contributed by atoms with E-state index in [2.05, 4.69) is 6.08 Å². The average molecular weight is 356 g/mol. The van der Waals surface area contributed by atoms with Gasteiger partial charge in [-0.2, -0.15) is 0 Å².